The zero-order valence-electron chi connectivity index (χ0n) is 10.6. The van der Waals surface area contributed by atoms with Gasteiger partial charge in [0.15, 0.2) is 0 Å². The van der Waals surface area contributed by atoms with E-state index < -0.39 is 0 Å². The number of halogens is 2. The Kier molecular flexibility index (Phi) is 5.08. The molecule has 0 aliphatic rings. The Bertz CT molecular complexity index is 531. The van der Waals surface area contributed by atoms with Crippen LogP contribution in [-0.4, -0.2) is 13.7 Å². The fourth-order valence-corrected chi connectivity index (χ4v) is 2.16. The lowest BCUT2D eigenvalue weighted by atomic mass is 10.1. The van der Waals surface area contributed by atoms with Crippen molar-refractivity contribution < 1.29 is 4.74 Å². The van der Waals surface area contributed by atoms with Crippen molar-refractivity contribution in [2.24, 2.45) is 0 Å². The molecule has 0 amide bonds. The molecule has 0 aliphatic carbocycles. The maximum atomic E-state index is 6.02. The van der Waals surface area contributed by atoms with Crippen LogP contribution in [0.15, 0.2) is 48.5 Å². The van der Waals surface area contributed by atoms with Crippen molar-refractivity contribution >= 4 is 28.9 Å². The molecule has 1 atom stereocenters. The lowest BCUT2D eigenvalue weighted by molar-refractivity contribution is 0.186. The number of methoxy groups -OCH3 is 1. The minimum absolute atomic E-state index is 0.0726. The second kappa shape index (κ2) is 6.80. The molecule has 0 heterocycles. The third-order valence-electron chi connectivity index (χ3n) is 2.80. The molecule has 4 heteroatoms. The van der Waals surface area contributed by atoms with E-state index in [2.05, 4.69) is 17.4 Å². The molecule has 0 aromatic heterocycles. The highest BCUT2D eigenvalue weighted by Gasteiger charge is 2.11. The summed E-state index contributed by atoms with van der Waals surface area (Å²) in [6, 6.07) is 15.7. The van der Waals surface area contributed by atoms with Crippen molar-refractivity contribution in [3.8, 4) is 0 Å². The summed E-state index contributed by atoms with van der Waals surface area (Å²) in [5.74, 6) is 0. The van der Waals surface area contributed by atoms with Gasteiger partial charge in [0, 0.05) is 12.8 Å². The Morgan fingerprint density at radius 3 is 2.42 bits per heavy atom. The smallest absolute Gasteiger partial charge is 0.0747 e. The monoisotopic (exact) mass is 295 g/mol. The fourth-order valence-electron chi connectivity index (χ4n) is 1.86. The Labute approximate surface area is 123 Å². The third kappa shape index (κ3) is 3.87. The molecule has 1 unspecified atom stereocenters. The van der Waals surface area contributed by atoms with Gasteiger partial charge in [-0.15, -0.1) is 0 Å². The van der Waals surface area contributed by atoms with E-state index in [1.807, 2.05) is 30.3 Å². The van der Waals surface area contributed by atoms with Gasteiger partial charge in [0.05, 0.1) is 22.7 Å². The van der Waals surface area contributed by atoms with Crippen molar-refractivity contribution in [2.75, 3.05) is 19.0 Å². The molecule has 0 fully saturated rings. The van der Waals surface area contributed by atoms with Crippen LogP contribution in [0.1, 0.15) is 11.6 Å². The quantitative estimate of drug-likeness (QED) is 0.856. The molecule has 0 spiro atoms. The number of ether oxygens (including phenoxy) is 1. The zero-order chi connectivity index (χ0) is 13.7. The van der Waals surface area contributed by atoms with Gasteiger partial charge in [0.2, 0.25) is 0 Å². The first-order valence-corrected chi connectivity index (χ1v) is 6.72. The van der Waals surface area contributed by atoms with Crippen LogP contribution in [0.4, 0.5) is 5.69 Å². The van der Waals surface area contributed by atoms with Crippen LogP contribution in [0, 0.1) is 0 Å². The highest BCUT2D eigenvalue weighted by atomic mass is 35.5. The van der Waals surface area contributed by atoms with E-state index in [1.54, 1.807) is 13.2 Å². The number of rotatable bonds is 5. The maximum Gasteiger partial charge on any atom is 0.0747 e. The minimum atomic E-state index is 0.0726. The molecular formula is C15H15Cl2NO. The molecular weight excluding hydrogens is 281 g/mol. The van der Waals surface area contributed by atoms with Gasteiger partial charge in [-0.2, -0.15) is 0 Å². The third-order valence-corrected chi connectivity index (χ3v) is 3.53. The topological polar surface area (TPSA) is 21.3 Å². The zero-order valence-corrected chi connectivity index (χ0v) is 12.1. The summed E-state index contributed by atoms with van der Waals surface area (Å²) in [7, 11) is 1.69. The van der Waals surface area contributed by atoms with Gasteiger partial charge in [-0.05, 0) is 23.8 Å². The van der Waals surface area contributed by atoms with Gasteiger partial charge in [0.25, 0.3) is 0 Å². The number of anilines is 1. The highest BCUT2D eigenvalue weighted by Crippen LogP contribution is 2.27. The van der Waals surface area contributed by atoms with E-state index in [0.29, 0.717) is 16.7 Å². The first-order valence-electron chi connectivity index (χ1n) is 5.96. The van der Waals surface area contributed by atoms with E-state index in [1.165, 1.54) is 0 Å². The number of benzene rings is 2. The Morgan fingerprint density at radius 1 is 1.05 bits per heavy atom. The van der Waals surface area contributed by atoms with Crippen LogP contribution in [-0.2, 0) is 4.74 Å². The molecule has 0 aliphatic heterocycles. The molecule has 0 bridgehead atoms. The Hall–Kier alpha value is -1.22. The average Bonchev–Trinajstić information content (AvgIpc) is 2.43. The largest absolute Gasteiger partial charge is 0.382 e. The predicted molar refractivity (Wildman–Crippen MR) is 81.1 cm³/mol. The second-order valence-corrected chi connectivity index (χ2v) is 5.01. The van der Waals surface area contributed by atoms with Crippen LogP contribution in [0.2, 0.25) is 10.0 Å². The van der Waals surface area contributed by atoms with E-state index in [9.17, 15) is 0 Å². The van der Waals surface area contributed by atoms with Crippen LogP contribution < -0.4 is 5.32 Å². The van der Waals surface area contributed by atoms with Crippen molar-refractivity contribution in [3.63, 3.8) is 0 Å². The first-order chi connectivity index (χ1) is 9.20. The molecule has 0 radical (unpaired) electrons. The Balaban J connectivity index is 2.19. The molecule has 2 rings (SSSR count). The number of hydrogen-bond donors (Lipinski definition) is 1. The van der Waals surface area contributed by atoms with Crippen molar-refractivity contribution in [3.05, 3.63) is 64.1 Å². The lowest BCUT2D eigenvalue weighted by Crippen LogP contribution is -2.16. The molecule has 0 saturated carbocycles. The molecule has 2 nitrogen and oxygen atoms in total. The predicted octanol–water partition coefficient (Wildman–Crippen LogP) is 4.79. The molecule has 0 saturated heterocycles. The number of nitrogens with one attached hydrogen (secondary N) is 1. The van der Waals surface area contributed by atoms with Crippen molar-refractivity contribution in [1.29, 1.82) is 0 Å². The summed E-state index contributed by atoms with van der Waals surface area (Å²) in [4.78, 5) is 0. The van der Waals surface area contributed by atoms with Gasteiger partial charge < -0.3 is 10.1 Å². The van der Waals surface area contributed by atoms with Gasteiger partial charge in [0.1, 0.15) is 0 Å². The van der Waals surface area contributed by atoms with Crippen LogP contribution >= 0.6 is 23.2 Å². The average molecular weight is 296 g/mol. The normalized spacial score (nSPS) is 12.2. The van der Waals surface area contributed by atoms with Gasteiger partial charge >= 0.3 is 0 Å². The molecule has 19 heavy (non-hydrogen) atoms. The summed E-state index contributed by atoms with van der Waals surface area (Å²) >= 11 is 11.9. The maximum absolute atomic E-state index is 6.02. The second-order valence-electron chi connectivity index (χ2n) is 4.19. The fraction of sp³-hybridized carbons (Fsp3) is 0.200. The van der Waals surface area contributed by atoms with Gasteiger partial charge in [-0.1, -0.05) is 53.5 Å². The van der Waals surface area contributed by atoms with Crippen LogP contribution in [0.25, 0.3) is 0 Å². The van der Waals surface area contributed by atoms with E-state index >= 15 is 0 Å². The Morgan fingerprint density at radius 2 is 1.79 bits per heavy atom. The van der Waals surface area contributed by atoms with E-state index in [-0.39, 0.29) is 6.04 Å². The van der Waals surface area contributed by atoms with Crippen molar-refractivity contribution in [1.82, 2.24) is 0 Å². The van der Waals surface area contributed by atoms with E-state index in [4.69, 9.17) is 27.9 Å². The molecule has 2 aromatic carbocycles. The standard InChI is InChI=1S/C15H15Cl2NO/c1-19-10-15(11-5-3-2-4-6-11)18-12-7-8-13(16)14(17)9-12/h2-9,15,18H,10H2,1H3. The molecule has 2 aromatic rings. The minimum Gasteiger partial charge on any atom is -0.382 e. The van der Waals surface area contributed by atoms with E-state index in [0.717, 1.165) is 11.3 Å². The van der Waals surface area contributed by atoms with Crippen LogP contribution in [0.3, 0.4) is 0 Å². The first kappa shape index (κ1) is 14.2. The SMILES string of the molecule is COCC(Nc1ccc(Cl)c(Cl)c1)c1ccccc1. The molecule has 100 valence electrons. The van der Waals surface area contributed by atoms with Crippen LogP contribution in [0.5, 0.6) is 0 Å². The summed E-state index contributed by atoms with van der Waals surface area (Å²) in [5.41, 5.74) is 2.08. The highest BCUT2D eigenvalue weighted by molar-refractivity contribution is 6.42. The summed E-state index contributed by atoms with van der Waals surface area (Å²) in [5, 5.41) is 4.49. The van der Waals surface area contributed by atoms with Gasteiger partial charge in [-0.25, -0.2) is 0 Å². The lowest BCUT2D eigenvalue weighted by Gasteiger charge is -2.20. The van der Waals surface area contributed by atoms with Crippen molar-refractivity contribution in [2.45, 2.75) is 6.04 Å². The molecule has 1 N–H and O–H groups in total. The summed E-state index contributed by atoms with van der Waals surface area (Å²) in [6.07, 6.45) is 0. The van der Waals surface area contributed by atoms with Gasteiger partial charge in [-0.3, -0.25) is 0 Å². The summed E-state index contributed by atoms with van der Waals surface area (Å²) < 4.78 is 5.26. The number of hydrogen-bond acceptors (Lipinski definition) is 2. The summed E-state index contributed by atoms with van der Waals surface area (Å²) in [6.45, 7) is 0.574.